The molecule has 0 rings (SSSR count). The molecule has 0 atom stereocenters. The molecule has 0 aromatic heterocycles. The standard InChI is InChI=1S/Ba.Eu.4H2O.Ti.2H/h;;4*1H2;;;/q;;;;;;+4;;/p-4. The molecule has 0 spiro atoms. The third-order valence-corrected chi connectivity index (χ3v) is 0. The van der Waals surface area contributed by atoms with Crippen molar-refractivity contribution in [3.8, 4) is 0 Å². The van der Waals surface area contributed by atoms with Gasteiger partial charge in [0.1, 0.15) is 0 Å². The minimum absolute atomic E-state index is 0. The van der Waals surface area contributed by atoms with Crippen molar-refractivity contribution in [2.45, 2.75) is 0 Å². The molecule has 0 unspecified atom stereocenters. The molecule has 1 radical (unpaired) electrons. The van der Waals surface area contributed by atoms with Crippen LogP contribution in [0.4, 0.5) is 0 Å². The molecule has 0 aromatic rings. The fraction of sp³-hybridized carbons (Fsp3) is 0. The van der Waals surface area contributed by atoms with Gasteiger partial charge in [0.15, 0.2) is 0 Å². The summed E-state index contributed by atoms with van der Waals surface area (Å²) >= 11 is -5.00. The number of hydrogen-bond acceptors (Lipinski definition) is 4. The molecule has 0 aromatic carbocycles. The maximum atomic E-state index is 7.38. The van der Waals surface area contributed by atoms with E-state index in [1.165, 1.54) is 0 Å². The van der Waals surface area contributed by atoms with Crippen LogP contribution in [-0.4, -0.2) is 63.6 Å². The van der Waals surface area contributed by atoms with Crippen molar-refractivity contribution in [3.05, 3.63) is 0 Å². The van der Waals surface area contributed by atoms with Crippen molar-refractivity contribution in [3.63, 3.8) is 0 Å². The Morgan fingerprint density at radius 2 is 0.857 bits per heavy atom. The predicted molar refractivity (Wildman–Crippen MR) is 17.4 cm³/mol. The Morgan fingerprint density at radius 1 is 0.857 bits per heavy atom. The van der Waals surface area contributed by atoms with E-state index >= 15 is 0 Å². The van der Waals surface area contributed by atoms with Crippen LogP contribution in [0.5, 0.6) is 0 Å². The molecule has 7 heteroatoms. The summed E-state index contributed by atoms with van der Waals surface area (Å²) < 4.78 is 29.5. The Bertz CT molecular complexity index is 27.2. The summed E-state index contributed by atoms with van der Waals surface area (Å²) in [4.78, 5) is 0. The Balaban J connectivity index is -0.0000000800. The zero-order valence-corrected chi connectivity index (χ0v) is 6.65. The first-order valence-electron chi connectivity index (χ1n) is 0.894. The summed E-state index contributed by atoms with van der Waals surface area (Å²) in [5.41, 5.74) is 0. The Hall–Kier alpha value is 3.71. The zero-order chi connectivity index (χ0) is 4.50. The molecule has 0 amide bonds. The molecule has 0 fully saturated rings. The maximum absolute atomic E-state index is 7.38. The van der Waals surface area contributed by atoms with Gasteiger partial charge in [-0.1, -0.05) is 0 Å². The van der Waals surface area contributed by atoms with Crippen LogP contribution in [0.2, 0.25) is 0 Å². The first-order valence-corrected chi connectivity index (χ1v) is 3.69. The average Bonchev–Trinajstić information content (AvgIpc) is 0.722. The third kappa shape index (κ3) is 41.9. The first-order chi connectivity index (χ1) is 2.00. The summed E-state index contributed by atoms with van der Waals surface area (Å²) in [5, 5.41) is 0. The second kappa shape index (κ2) is 7.81. The molecule has 0 saturated carbocycles. The van der Waals surface area contributed by atoms with E-state index in [-0.39, 0.29) is 98.3 Å². The monoisotopic (exact) mass is 409 g/mol. The zero-order valence-electron chi connectivity index (χ0n) is 2.67. The van der Waals surface area contributed by atoms with Gasteiger partial charge in [0.05, 0.1) is 0 Å². The van der Waals surface area contributed by atoms with Gasteiger partial charge in [0.2, 0.25) is 0 Å². The van der Waals surface area contributed by atoms with E-state index in [0.29, 0.717) is 0 Å². The van der Waals surface area contributed by atoms with Crippen LogP contribution < -0.4 is 0 Å². The predicted octanol–water partition coefficient (Wildman–Crippen LogP) is -3.15. The first kappa shape index (κ1) is 17.0. The Kier molecular flexibility index (Phi) is 19.0. The summed E-state index contributed by atoms with van der Waals surface area (Å²) in [6.45, 7) is 0. The van der Waals surface area contributed by atoms with Gasteiger partial charge in [-0.25, -0.2) is 0 Å². The Labute approximate surface area is 127 Å². The van der Waals surface area contributed by atoms with Crippen LogP contribution >= 0.6 is 0 Å². The minimum atomic E-state index is -5.00. The Morgan fingerprint density at radius 3 is 0.857 bits per heavy atom. The van der Waals surface area contributed by atoms with Crippen molar-refractivity contribution in [2.75, 3.05) is 0 Å². The second-order valence-electron chi connectivity index (χ2n) is 0.600. The van der Waals surface area contributed by atoms with Crippen LogP contribution in [0.3, 0.4) is 0 Å². The molecule has 4 N–H and O–H groups in total. The molecule has 7 heavy (non-hydrogen) atoms. The van der Waals surface area contributed by atoms with Crippen molar-refractivity contribution < 1.29 is 82.3 Å². The van der Waals surface area contributed by atoms with Gasteiger partial charge in [-0.15, -0.1) is 0 Å². The van der Waals surface area contributed by atoms with E-state index in [1.54, 1.807) is 0 Å². The summed E-state index contributed by atoms with van der Waals surface area (Å²) in [6, 6.07) is 0. The molecule has 4 nitrogen and oxygen atoms in total. The SMILES string of the molecule is [BaH2].[Eu].[OH][Ti]([OH])([OH])[OH]. The van der Waals surface area contributed by atoms with E-state index < -0.39 is 18.1 Å². The van der Waals surface area contributed by atoms with Gasteiger partial charge in [-0.2, -0.15) is 0 Å². The fourth-order valence-corrected chi connectivity index (χ4v) is 0. The van der Waals surface area contributed by atoms with Crippen molar-refractivity contribution >= 4 is 48.9 Å². The van der Waals surface area contributed by atoms with Gasteiger partial charge in [-0.3, -0.25) is 0 Å². The molecule has 0 heterocycles. The molecule has 0 bridgehead atoms. The molecule has 0 aliphatic rings. The molecule has 43 valence electrons. The number of rotatable bonds is 0. The molecule has 0 aliphatic heterocycles. The normalized spacial score (nSPS) is 8.57. The van der Waals surface area contributed by atoms with Gasteiger partial charge >= 0.3 is 81.8 Å². The van der Waals surface area contributed by atoms with Crippen LogP contribution in [0.25, 0.3) is 0 Å². The topological polar surface area (TPSA) is 80.9 Å². The van der Waals surface area contributed by atoms with Crippen LogP contribution in [-0.2, 0) is 18.1 Å². The molecule has 0 aliphatic carbocycles. The van der Waals surface area contributed by atoms with E-state index in [4.69, 9.17) is 14.8 Å². The molecular formula is H6BaEuO4Ti. The van der Waals surface area contributed by atoms with Gasteiger partial charge in [-0.05, 0) is 0 Å². The van der Waals surface area contributed by atoms with Crippen molar-refractivity contribution in [1.29, 1.82) is 0 Å². The summed E-state index contributed by atoms with van der Waals surface area (Å²) in [6.07, 6.45) is 0. The van der Waals surface area contributed by atoms with Crippen LogP contribution in [0, 0.1) is 49.4 Å². The van der Waals surface area contributed by atoms with E-state index in [9.17, 15) is 0 Å². The fourth-order valence-electron chi connectivity index (χ4n) is 0. The second-order valence-corrected chi connectivity index (χ2v) is 2.47. The van der Waals surface area contributed by atoms with Gasteiger partial charge < -0.3 is 0 Å². The van der Waals surface area contributed by atoms with Crippen LogP contribution in [0.1, 0.15) is 0 Å². The quantitative estimate of drug-likeness (QED) is 0.320. The van der Waals surface area contributed by atoms with E-state index in [0.717, 1.165) is 0 Å². The van der Waals surface area contributed by atoms with Gasteiger partial charge in [0.25, 0.3) is 0 Å². The third-order valence-electron chi connectivity index (χ3n) is 0. The number of hydrogen-bond donors (Lipinski definition) is 4. The molecular weight excluding hydrogens is 401 g/mol. The van der Waals surface area contributed by atoms with E-state index in [1.807, 2.05) is 0 Å². The molecule has 0 saturated heterocycles. The average molecular weight is 407 g/mol. The van der Waals surface area contributed by atoms with Crippen molar-refractivity contribution in [1.82, 2.24) is 0 Å². The van der Waals surface area contributed by atoms with E-state index in [2.05, 4.69) is 0 Å². The van der Waals surface area contributed by atoms with Crippen molar-refractivity contribution in [2.24, 2.45) is 0 Å². The van der Waals surface area contributed by atoms with Crippen LogP contribution in [0.15, 0.2) is 0 Å². The summed E-state index contributed by atoms with van der Waals surface area (Å²) in [5.74, 6) is 0. The summed E-state index contributed by atoms with van der Waals surface area (Å²) in [7, 11) is 0. The van der Waals surface area contributed by atoms with Gasteiger partial charge in [0, 0.05) is 49.4 Å².